The molecule has 2 N–H and O–H groups in total. The summed E-state index contributed by atoms with van der Waals surface area (Å²) in [6.45, 7) is 4.23. The van der Waals surface area contributed by atoms with Crippen molar-refractivity contribution in [2.45, 2.75) is 58.1 Å². The normalized spacial score (nSPS) is 18.4. The Balaban J connectivity index is 2.43. The summed E-state index contributed by atoms with van der Waals surface area (Å²) in [6, 6.07) is -0.393. The largest absolute Gasteiger partial charge is 0.478 e. The molecule has 0 spiro atoms. The van der Waals surface area contributed by atoms with Gasteiger partial charge in [0, 0.05) is 12.6 Å². The van der Waals surface area contributed by atoms with E-state index < -0.39 is 12.0 Å². The first-order chi connectivity index (χ1) is 9.50. The molecule has 0 unspecified atom stereocenters. The molecular formula is C15H25NO4. The van der Waals surface area contributed by atoms with Crippen LogP contribution in [0.3, 0.4) is 0 Å². The molecule has 1 aliphatic rings. The van der Waals surface area contributed by atoms with E-state index in [0.717, 1.165) is 31.8 Å². The number of hydrogen-bond donors (Lipinski definition) is 2. The number of rotatable bonds is 7. The second-order valence-corrected chi connectivity index (χ2v) is 5.57. The smallest absolute Gasteiger partial charge is 0.328 e. The van der Waals surface area contributed by atoms with Gasteiger partial charge in [0.05, 0.1) is 0 Å². The van der Waals surface area contributed by atoms with Crippen molar-refractivity contribution in [2.24, 2.45) is 5.92 Å². The molecule has 5 heteroatoms. The first kappa shape index (κ1) is 16.7. The third-order valence-electron chi connectivity index (χ3n) is 3.47. The first-order valence-electron chi connectivity index (χ1n) is 7.34. The van der Waals surface area contributed by atoms with E-state index in [1.165, 1.54) is 12.5 Å². The van der Waals surface area contributed by atoms with E-state index in [0.29, 0.717) is 6.54 Å². The van der Waals surface area contributed by atoms with Gasteiger partial charge in [0.25, 0.3) is 0 Å². The van der Waals surface area contributed by atoms with Crippen molar-refractivity contribution in [2.75, 3.05) is 6.54 Å². The third kappa shape index (κ3) is 6.19. The fourth-order valence-electron chi connectivity index (χ4n) is 2.37. The summed E-state index contributed by atoms with van der Waals surface area (Å²) in [5.41, 5.74) is 0. The van der Waals surface area contributed by atoms with Crippen molar-refractivity contribution in [3.63, 3.8) is 0 Å². The zero-order valence-corrected chi connectivity index (χ0v) is 12.3. The van der Waals surface area contributed by atoms with Crippen LogP contribution < -0.4 is 5.32 Å². The number of carboxylic acid groups (broad SMARTS) is 1. The summed E-state index contributed by atoms with van der Waals surface area (Å²) in [7, 11) is 0. The average Bonchev–Trinajstić information content (AvgIpc) is 2.38. The molecule has 1 fully saturated rings. The van der Waals surface area contributed by atoms with Crippen LogP contribution in [-0.4, -0.2) is 35.7 Å². The van der Waals surface area contributed by atoms with E-state index >= 15 is 0 Å². The van der Waals surface area contributed by atoms with Crippen molar-refractivity contribution in [3.05, 3.63) is 12.2 Å². The molecule has 1 saturated carbocycles. The molecule has 1 atom stereocenters. The number of ether oxygens (including phenoxy) is 1. The van der Waals surface area contributed by atoms with Crippen molar-refractivity contribution < 1.29 is 19.4 Å². The average molecular weight is 283 g/mol. The number of aliphatic carboxylic acids is 1. The maximum absolute atomic E-state index is 12.2. The lowest BCUT2D eigenvalue weighted by Crippen LogP contribution is -2.43. The van der Waals surface area contributed by atoms with Crippen LogP contribution in [0.15, 0.2) is 12.2 Å². The Morgan fingerprint density at radius 1 is 1.30 bits per heavy atom. The molecule has 1 rings (SSSR count). The zero-order chi connectivity index (χ0) is 15.0. The molecule has 0 heterocycles. The Bertz CT molecular complexity index is 346. The highest BCUT2D eigenvalue weighted by molar-refractivity contribution is 5.79. The van der Waals surface area contributed by atoms with Crippen LogP contribution >= 0.6 is 0 Å². The zero-order valence-electron chi connectivity index (χ0n) is 12.3. The molecule has 5 nitrogen and oxygen atoms in total. The monoisotopic (exact) mass is 283 g/mol. The van der Waals surface area contributed by atoms with Gasteiger partial charge < -0.3 is 15.2 Å². The summed E-state index contributed by atoms with van der Waals surface area (Å²) < 4.78 is 5.55. The quantitative estimate of drug-likeness (QED) is 0.553. The van der Waals surface area contributed by atoms with E-state index in [1.807, 2.05) is 13.8 Å². The van der Waals surface area contributed by atoms with Gasteiger partial charge in [-0.1, -0.05) is 26.3 Å². The van der Waals surface area contributed by atoms with E-state index in [4.69, 9.17) is 9.84 Å². The van der Waals surface area contributed by atoms with Gasteiger partial charge in [-0.05, 0) is 31.6 Å². The van der Waals surface area contributed by atoms with E-state index in [1.54, 1.807) is 0 Å². The Labute approximate surface area is 120 Å². The SMILES string of the molecule is CC(C)[C@@H](NC/C=C/C(=O)O)C(=O)OC1CCCCC1. The minimum absolute atomic E-state index is 0.0499. The lowest BCUT2D eigenvalue weighted by Gasteiger charge is -2.26. The summed E-state index contributed by atoms with van der Waals surface area (Å²) in [4.78, 5) is 22.5. The van der Waals surface area contributed by atoms with Gasteiger partial charge in [0.1, 0.15) is 12.1 Å². The molecule has 0 aromatic heterocycles. The fourth-order valence-corrected chi connectivity index (χ4v) is 2.37. The lowest BCUT2D eigenvalue weighted by atomic mass is 9.97. The molecule has 114 valence electrons. The second-order valence-electron chi connectivity index (χ2n) is 5.57. The van der Waals surface area contributed by atoms with E-state index in [9.17, 15) is 9.59 Å². The molecular weight excluding hydrogens is 258 g/mol. The molecule has 0 bridgehead atoms. The van der Waals surface area contributed by atoms with Gasteiger partial charge in [-0.3, -0.25) is 4.79 Å². The summed E-state index contributed by atoms with van der Waals surface area (Å²) in [5.74, 6) is -1.11. The number of hydrogen-bond acceptors (Lipinski definition) is 4. The van der Waals surface area contributed by atoms with Crippen LogP contribution in [-0.2, 0) is 14.3 Å². The second kappa shape index (κ2) is 8.74. The number of carboxylic acids is 1. The van der Waals surface area contributed by atoms with Crippen LogP contribution in [0, 0.1) is 5.92 Å². The third-order valence-corrected chi connectivity index (χ3v) is 3.47. The summed E-state index contributed by atoms with van der Waals surface area (Å²) in [6.07, 6.45) is 7.99. The Hall–Kier alpha value is -1.36. The molecule has 0 aliphatic heterocycles. The maximum Gasteiger partial charge on any atom is 0.328 e. The van der Waals surface area contributed by atoms with Gasteiger partial charge in [0.15, 0.2) is 0 Å². The number of nitrogens with one attached hydrogen (secondary N) is 1. The molecule has 1 aliphatic carbocycles. The molecule has 0 amide bonds. The highest BCUT2D eigenvalue weighted by atomic mass is 16.5. The Kier molecular flexibility index (Phi) is 7.30. The highest BCUT2D eigenvalue weighted by Gasteiger charge is 2.26. The van der Waals surface area contributed by atoms with Crippen molar-refractivity contribution in [1.29, 1.82) is 0 Å². The molecule has 0 aromatic rings. The van der Waals surface area contributed by atoms with E-state index in [-0.39, 0.29) is 18.0 Å². The topological polar surface area (TPSA) is 75.6 Å². The van der Waals surface area contributed by atoms with Gasteiger partial charge in [0.2, 0.25) is 0 Å². The van der Waals surface area contributed by atoms with Crippen LogP contribution in [0.4, 0.5) is 0 Å². The lowest BCUT2D eigenvalue weighted by molar-refractivity contribution is -0.154. The number of carbonyl (C=O) groups is 2. The van der Waals surface area contributed by atoms with Crippen molar-refractivity contribution in [3.8, 4) is 0 Å². The Morgan fingerprint density at radius 2 is 1.95 bits per heavy atom. The van der Waals surface area contributed by atoms with Gasteiger partial charge in [-0.25, -0.2) is 4.79 Å². The predicted molar refractivity (Wildman–Crippen MR) is 76.4 cm³/mol. The first-order valence-corrected chi connectivity index (χ1v) is 7.34. The van der Waals surface area contributed by atoms with Crippen molar-refractivity contribution in [1.82, 2.24) is 5.32 Å². The van der Waals surface area contributed by atoms with Gasteiger partial charge >= 0.3 is 11.9 Å². The summed E-state index contributed by atoms with van der Waals surface area (Å²) >= 11 is 0. The molecule has 20 heavy (non-hydrogen) atoms. The fraction of sp³-hybridized carbons (Fsp3) is 0.733. The van der Waals surface area contributed by atoms with Crippen LogP contribution in [0.2, 0.25) is 0 Å². The van der Waals surface area contributed by atoms with Crippen LogP contribution in [0.25, 0.3) is 0 Å². The molecule has 0 radical (unpaired) electrons. The van der Waals surface area contributed by atoms with Gasteiger partial charge in [-0.15, -0.1) is 0 Å². The minimum atomic E-state index is -0.988. The number of carbonyl (C=O) groups excluding carboxylic acids is 1. The summed E-state index contributed by atoms with van der Waals surface area (Å²) in [5, 5.41) is 11.5. The molecule has 0 saturated heterocycles. The van der Waals surface area contributed by atoms with Crippen LogP contribution in [0.5, 0.6) is 0 Å². The standard InChI is InChI=1S/C15H25NO4/c1-11(2)14(16-10-6-9-13(17)18)15(19)20-12-7-4-3-5-8-12/h6,9,11-12,14,16H,3-5,7-8,10H2,1-2H3,(H,17,18)/b9-6+/t14-/m1/s1. The van der Waals surface area contributed by atoms with Crippen LogP contribution in [0.1, 0.15) is 46.0 Å². The molecule has 0 aromatic carbocycles. The minimum Gasteiger partial charge on any atom is -0.478 e. The van der Waals surface area contributed by atoms with E-state index in [2.05, 4.69) is 5.32 Å². The van der Waals surface area contributed by atoms with Crippen molar-refractivity contribution >= 4 is 11.9 Å². The highest BCUT2D eigenvalue weighted by Crippen LogP contribution is 2.21. The Morgan fingerprint density at radius 3 is 2.50 bits per heavy atom. The number of esters is 1. The predicted octanol–water partition coefficient (Wildman–Crippen LogP) is 2.12. The maximum atomic E-state index is 12.2. The van der Waals surface area contributed by atoms with Gasteiger partial charge in [-0.2, -0.15) is 0 Å².